The average molecular weight is 342 g/mol. The van der Waals surface area contributed by atoms with Crippen molar-refractivity contribution in [1.29, 1.82) is 0 Å². The van der Waals surface area contributed by atoms with E-state index in [4.69, 9.17) is 10.1 Å². The lowest BCUT2D eigenvalue weighted by atomic mass is 10.0. The highest BCUT2D eigenvalue weighted by Gasteiger charge is 2.23. The van der Waals surface area contributed by atoms with E-state index < -0.39 is 0 Å². The first-order valence-electron chi connectivity index (χ1n) is 8.76. The van der Waals surface area contributed by atoms with Gasteiger partial charge in [0, 0.05) is 24.2 Å². The summed E-state index contributed by atoms with van der Waals surface area (Å²) in [4.78, 5) is 15.1. The zero-order valence-corrected chi connectivity index (χ0v) is 14.7. The molecule has 3 heterocycles. The molecule has 0 unspecified atom stereocenters. The van der Waals surface area contributed by atoms with Crippen molar-refractivity contribution in [1.82, 2.24) is 15.0 Å². The lowest BCUT2D eigenvalue weighted by Crippen LogP contribution is -2.05. The monoisotopic (exact) mass is 342 g/mol. The molecule has 5 nitrogen and oxygen atoms in total. The van der Waals surface area contributed by atoms with Crippen LogP contribution >= 0.6 is 11.3 Å². The van der Waals surface area contributed by atoms with Gasteiger partial charge in [-0.1, -0.05) is 13.3 Å². The van der Waals surface area contributed by atoms with Crippen molar-refractivity contribution in [3.05, 3.63) is 23.1 Å². The fraction of sp³-hybridized carbons (Fsp3) is 0.500. The summed E-state index contributed by atoms with van der Waals surface area (Å²) in [5.41, 5.74) is 5.25. The highest BCUT2D eigenvalue weighted by Crippen LogP contribution is 2.41. The highest BCUT2D eigenvalue weighted by molar-refractivity contribution is 7.26. The van der Waals surface area contributed by atoms with E-state index in [1.54, 1.807) is 17.7 Å². The Labute approximate surface area is 145 Å². The molecule has 0 bridgehead atoms. The summed E-state index contributed by atoms with van der Waals surface area (Å²) in [6.07, 6.45) is 8.04. The first-order valence-corrected chi connectivity index (χ1v) is 9.57. The molecule has 0 aliphatic heterocycles. The number of aryl methyl sites for hydroxylation is 2. The third-order valence-corrected chi connectivity index (χ3v) is 5.75. The van der Waals surface area contributed by atoms with Crippen molar-refractivity contribution >= 4 is 37.6 Å². The Bertz CT molecular complexity index is 890. The molecular weight excluding hydrogens is 320 g/mol. The van der Waals surface area contributed by atoms with E-state index >= 15 is 0 Å². The Kier molecular flexibility index (Phi) is 4.33. The minimum atomic E-state index is 0.184. The van der Waals surface area contributed by atoms with Crippen LogP contribution in [-0.4, -0.2) is 33.2 Å². The molecule has 0 saturated heterocycles. The fourth-order valence-electron chi connectivity index (χ4n) is 3.63. The van der Waals surface area contributed by atoms with Gasteiger partial charge < -0.3 is 10.4 Å². The van der Waals surface area contributed by atoms with Crippen LogP contribution in [0.25, 0.3) is 20.4 Å². The van der Waals surface area contributed by atoms with Crippen LogP contribution in [-0.2, 0) is 19.3 Å². The summed E-state index contributed by atoms with van der Waals surface area (Å²) in [5.74, 6) is 0.861. The van der Waals surface area contributed by atoms with Crippen molar-refractivity contribution in [2.75, 3.05) is 18.5 Å². The Morgan fingerprint density at radius 1 is 1.25 bits per heavy atom. The Morgan fingerprint density at radius 3 is 2.96 bits per heavy atom. The third kappa shape index (κ3) is 2.54. The predicted molar refractivity (Wildman–Crippen MR) is 98.9 cm³/mol. The van der Waals surface area contributed by atoms with Crippen LogP contribution in [0.1, 0.15) is 43.0 Å². The highest BCUT2D eigenvalue weighted by atomic mass is 32.1. The predicted octanol–water partition coefficient (Wildman–Crippen LogP) is 3.48. The molecule has 1 aliphatic rings. The van der Waals surface area contributed by atoms with Gasteiger partial charge in [-0.05, 0) is 43.2 Å². The van der Waals surface area contributed by atoms with E-state index in [1.807, 2.05) is 0 Å². The number of fused-ring (bicyclic) bond motifs is 5. The summed E-state index contributed by atoms with van der Waals surface area (Å²) in [6, 6.07) is 0. The van der Waals surface area contributed by atoms with Crippen LogP contribution in [0.5, 0.6) is 0 Å². The standard InChI is InChI=1S/C18H22N4OS/c1-2-5-13-11-6-3-7-12(11)14-15-16(24-18(14)22-13)17(21-10-20-15)19-8-4-9-23/h10,23H,2-9H2,1H3,(H,19,20,21). The number of hydrogen-bond acceptors (Lipinski definition) is 6. The molecule has 4 rings (SSSR count). The normalized spacial score (nSPS) is 13.8. The molecule has 24 heavy (non-hydrogen) atoms. The van der Waals surface area contributed by atoms with Gasteiger partial charge >= 0.3 is 0 Å². The summed E-state index contributed by atoms with van der Waals surface area (Å²) < 4.78 is 1.08. The van der Waals surface area contributed by atoms with Crippen LogP contribution in [0.15, 0.2) is 6.33 Å². The molecule has 0 aromatic carbocycles. The van der Waals surface area contributed by atoms with Crippen molar-refractivity contribution in [3.63, 3.8) is 0 Å². The Hall–Kier alpha value is -1.79. The molecule has 126 valence electrons. The van der Waals surface area contributed by atoms with Gasteiger partial charge in [0.05, 0.1) is 10.2 Å². The fourth-order valence-corrected chi connectivity index (χ4v) is 4.78. The quantitative estimate of drug-likeness (QED) is 0.671. The van der Waals surface area contributed by atoms with Gasteiger partial charge in [-0.3, -0.25) is 0 Å². The molecule has 3 aromatic heterocycles. The molecule has 0 spiro atoms. The number of rotatable bonds is 6. The number of nitrogens with zero attached hydrogens (tertiary/aromatic N) is 3. The molecule has 3 aromatic rings. The average Bonchev–Trinajstić information content (AvgIpc) is 3.19. The van der Waals surface area contributed by atoms with Crippen molar-refractivity contribution < 1.29 is 5.11 Å². The summed E-state index contributed by atoms with van der Waals surface area (Å²) in [5, 5.41) is 13.6. The second-order valence-electron chi connectivity index (χ2n) is 6.31. The maximum atomic E-state index is 8.98. The molecule has 1 aliphatic carbocycles. The number of anilines is 1. The van der Waals surface area contributed by atoms with Crippen molar-refractivity contribution in [3.8, 4) is 0 Å². The summed E-state index contributed by atoms with van der Waals surface area (Å²) in [6.45, 7) is 3.11. The van der Waals surface area contributed by atoms with Crippen molar-refractivity contribution in [2.45, 2.75) is 45.4 Å². The minimum absolute atomic E-state index is 0.184. The van der Waals surface area contributed by atoms with Crippen LogP contribution in [0.4, 0.5) is 5.82 Å². The Balaban J connectivity index is 1.90. The molecule has 0 fully saturated rings. The van der Waals surface area contributed by atoms with Crippen LogP contribution in [0, 0.1) is 0 Å². The zero-order chi connectivity index (χ0) is 16.5. The smallest absolute Gasteiger partial charge is 0.147 e. The van der Waals surface area contributed by atoms with Gasteiger partial charge in [0.15, 0.2) is 0 Å². The second kappa shape index (κ2) is 6.61. The Morgan fingerprint density at radius 2 is 2.12 bits per heavy atom. The SMILES string of the molecule is CCCc1nc2sc3c(NCCCO)ncnc3c2c2c1CCC2. The molecule has 0 amide bonds. The number of pyridine rings is 1. The van der Waals surface area contributed by atoms with Crippen LogP contribution < -0.4 is 5.32 Å². The lowest BCUT2D eigenvalue weighted by molar-refractivity contribution is 0.292. The molecule has 0 atom stereocenters. The molecule has 0 radical (unpaired) electrons. The summed E-state index contributed by atoms with van der Waals surface area (Å²) >= 11 is 1.69. The van der Waals surface area contributed by atoms with E-state index in [0.29, 0.717) is 13.0 Å². The number of aromatic nitrogens is 3. The lowest BCUT2D eigenvalue weighted by Gasteiger charge is -2.08. The molecule has 0 saturated carbocycles. The second-order valence-corrected chi connectivity index (χ2v) is 7.30. The van der Waals surface area contributed by atoms with Gasteiger partial charge in [-0.25, -0.2) is 15.0 Å². The largest absolute Gasteiger partial charge is 0.396 e. The number of aliphatic hydroxyl groups excluding tert-OH is 1. The number of aliphatic hydroxyl groups is 1. The third-order valence-electron chi connectivity index (χ3n) is 4.67. The first-order chi connectivity index (χ1) is 11.8. The maximum Gasteiger partial charge on any atom is 0.147 e. The number of thiophene rings is 1. The van der Waals surface area contributed by atoms with Gasteiger partial charge in [0.2, 0.25) is 0 Å². The first kappa shape index (κ1) is 15.7. The van der Waals surface area contributed by atoms with Crippen LogP contribution in [0.3, 0.4) is 0 Å². The van der Waals surface area contributed by atoms with Gasteiger partial charge in [0.1, 0.15) is 17.0 Å². The van der Waals surface area contributed by atoms with Gasteiger partial charge in [0.25, 0.3) is 0 Å². The molecule has 2 N–H and O–H groups in total. The number of nitrogens with one attached hydrogen (secondary N) is 1. The van der Waals surface area contributed by atoms with Crippen LogP contribution in [0.2, 0.25) is 0 Å². The number of hydrogen-bond donors (Lipinski definition) is 2. The van der Waals surface area contributed by atoms with E-state index in [0.717, 1.165) is 46.5 Å². The van der Waals surface area contributed by atoms with Gasteiger partial charge in [-0.15, -0.1) is 11.3 Å². The van der Waals surface area contributed by atoms with E-state index in [-0.39, 0.29) is 6.61 Å². The van der Waals surface area contributed by atoms with E-state index in [9.17, 15) is 0 Å². The zero-order valence-electron chi connectivity index (χ0n) is 13.9. The topological polar surface area (TPSA) is 70.9 Å². The minimum Gasteiger partial charge on any atom is -0.396 e. The summed E-state index contributed by atoms with van der Waals surface area (Å²) in [7, 11) is 0. The van der Waals surface area contributed by atoms with Crippen molar-refractivity contribution in [2.24, 2.45) is 0 Å². The maximum absolute atomic E-state index is 8.98. The molecular formula is C18H22N4OS. The van der Waals surface area contributed by atoms with E-state index in [2.05, 4.69) is 22.2 Å². The van der Waals surface area contributed by atoms with Gasteiger partial charge in [-0.2, -0.15) is 0 Å². The molecule has 6 heteroatoms. The van der Waals surface area contributed by atoms with E-state index in [1.165, 1.54) is 28.6 Å².